The number of carbonyl (C=O) groups is 1. The van der Waals surface area contributed by atoms with E-state index in [0.29, 0.717) is 13.2 Å². The van der Waals surface area contributed by atoms with Crippen LogP contribution in [0.1, 0.15) is 50.3 Å². The maximum atomic E-state index is 13.6. The van der Waals surface area contributed by atoms with Crippen molar-refractivity contribution in [3.05, 3.63) is 59.2 Å². The number of nitrogens with zero attached hydrogens (tertiary/aromatic N) is 2. The molecule has 1 amide bonds. The Labute approximate surface area is 223 Å². The van der Waals surface area contributed by atoms with Gasteiger partial charge in [0, 0.05) is 56.1 Å². The Morgan fingerprint density at radius 1 is 1.11 bits per heavy atom. The summed E-state index contributed by atoms with van der Waals surface area (Å²) in [4.78, 5) is 17.3. The standard InChI is InChI=1S/C29H39F3N4O2/c1-28(2,3)34-13-14-36(19-22-7-4-5-8-24(22)29(30,31)32)27(37)17-33-25-9-6-10-26-23(25)20-35(15-16-38-26)18-21-11-12-21/h4-10,21,33-34H,11-20H2,1-3H3. The molecule has 2 aromatic rings. The molecule has 9 heteroatoms. The minimum atomic E-state index is -4.48. The summed E-state index contributed by atoms with van der Waals surface area (Å²) in [5.41, 5.74) is 1.03. The average Bonchev–Trinajstić information content (AvgIpc) is 3.68. The number of fused-ring (bicyclic) bond motifs is 1. The molecule has 0 saturated heterocycles. The largest absolute Gasteiger partial charge is 0.492 e. The van der Waals surface area contributed by atoms with E-state index >= 15 is 0 Å². The van der Waals surface area contributed by atoms with Crippen LogP contribution in [0.15, 0.2) is 42.5 Å². The van der Waals surface area contributed by atoms with Crippen LogP contribution in [-0.4, -0.2) is 60.6 Å². The minimum absolute atomic E-state index is 0.0250. The van der Waals surface area contributed by atoms with Crippen LogP contribution in [0, 0.1) is 5.92 Å². The number of benzene rings is 2. The van der Waals surface area contributed by atoms with Gasteiger partial charge in [0.05, 0.1) is 12.1 Å². The van der Waals surface area contributed by atoms with E-state index < -0.39 is 11.7 Å². The first-order valence-corrected chi connectivity index (χ1v) is 13.4. The summed E-state index contributed by atoms with van der Waals surface area (Å²) in [6, 6.07) is 11.2. The maximum Gasteiger partial charge on any atom is 0.416 e. The smallest absolute Gasteiger partial charge is 0.416 e. The number of alkyl halides is 3. The summed E-state index contributed by atoms with van der Waals surface area (Å²) < 4.78 is 46.9. The van der Waals surface area contributed by atoms with E-state index in [9.17, 15) is 18.0 Å². The lowest BCUT2D eigenvalue weighted by atomic mass is 10.1. The third kappa shape index (κ3) is 8.11. The number of nitrogens with one attached hydrogen (secondary N) is 2. The topological polar surface area (TPSA) is 56.8 Å². The number of ether oxygens (including phenoxy) is 1. The highest BCUT2D eigenvalue weighted by molar-refractivity contribution is 5.81. The first kappa shape index (κ1) is 28.2. The Morgan fingerprint density at radius 2 is 1.87 bits per heavy atom. The molecule has 1 saturated carbocycles. The molecule has 2 aromatic carbocycles. The number of carbonyl (C=O) groups excluding carboxylic acids is 1. The zero-order chi connectivity index (χ0) is 27.3. The van der Waals surface area contributed by atoms with Gasteiger partial charge in [0.1, 0.15) is 12.4 Å². The van der Waals surface area contributed by atoms with E-state index in [1.54, 1.807) is 6.07 Å². The van der Waals surface area contributed by atoms with Crippen molar-refractivity contribution in [2.75, 3.05) is 44.6 Å². The van der Waals surface area contributed by atoms with Gasteiger partial charge >= 0.3 is 6.18 Å². The van der Waals surface area contributed by atoms with Gasteiger partial charge in [0.25, 0.3) is 0 Å². The fourth-order valence-corrected chi connectivity index (χ4v) is 4.72. The number of hydrogen-bond acceptors (Lipinski definition) is 5. The average molecular weight is 533 g/mol. The molecule has 1 heterocycles. The Bertz CT molecular complexity index is 1100. The van der Waals surface area contributed by atoms with E-state index in [4.69, 9.17) is 4.74 Å². The van der Waals surface area contributed by atoms with Crippen molar-refractivity contribution in [1.82, 2.24) is 15.1 Å². The van der Waals surface area contributed by atoms with Gasteiger partial charge in [-0.15, -0.1) is 0 Å². The highest BCUT2D eigenvalue weighted by Gasteiger charge is 2.34. The highest BCUT2D eigenvalue weighted by Crippen LogP contribution is 2.34. The summed E-state index contributed by atoms with van der Waals surface area (Å²) in [5.74, 6) is 1.30. The lowest BCUT2D eigenvalue weighted by Gasteiger charge is -2.28. The summed E-state index contributed by atoms with van der Waals surface area (Å²) in [7, 11) is 0. The molecule has 1 aliphatic carbocycles. The van der Waals surface area contributed by atoms with E-state index in [1.165, 1.54) is 29.9 Å². The molecule has 1 fully saturated rings. The SMILES string of the molecule is CC(C)(C)NCCN(Cc1ccccc1C(F)(F)F)C(=O)CNc1cccc2c1CN(CC1CC1)CCO2. The van der Waals surface area contributed by atoms with Crippen LogP contribution in [0.3, 0.4) is 0 Å². The van der Waals surface area contributed by atoms with Crippen molar-refractivity contribution < 1.29 is 22.7 Å². The molecule has 0 unspecified atom stereocenters. The van der Waals surface area contributed by atoms with Gasteiger partial charge in [-0.1, -0.05) is 24.3 Å². The van der Waals surface area contributed by atoms with Crippen LogP contribution in [0.5, 0.6) is 5.75 Å². The van der Waals surface area contributed by atoms with Crippen molar-refractivity contribution >= 4 is 11.6 Å². The van der Waals surface area contributed by atoms with Crippen LogP contribution in [0.25, 0.3) is 0 Å². The molecular weight excluding hydrogens is 493 g/mol. The maximum absolute atomic E-state index is 13.6. The second kappa shape index (κ2) is 11.9. The van der Waals surface area contributed by atoms with Crippen molar-refractivity contribution in [3.63, 3.8) is 0 Å². The summed E-state index contributed by atoms with van der Waals surface area (Å²) in [5, 5.41) is 6.59. The van der Waals surface area contributed by atoms with E-state index in [-0.39, 0.29) is 36.6 Å². The van der Waals surface area contributed by atoms with Gasteiger partial charge in [0.2, 0.25) is 5.91 Å². The molecule has 0 spiro atoms. The molecule has 2 aliphatic rings. The monoisotopic (exact) mass is 532 g/mol. The predicted molar refractivity (Wildman–Crippen MR) is 143 cm³/mol. The molecule has 208 valence electrons. The second-order valence-corrected chi connectivity index (χ2v) is 11.3. The molecule has 0 atom stereocenters. The van der Waals surface area contributed by atoms with Gasteiger partial charge in [-0.2, -0.15) is 13.2 Å². The quantitative estimate of drug-likeness (QED) is 0.444. The molecule has 0 aromatic heterocycles. The van der Waals surface area contributed by atoms with Gasteiger partial charge < -0.3 is 20.3 Å². The Balaban J connectivity index is 1.48. The zero-order valence-corrected chi connectivity index (χ0v) is 22.5. The van der Waals surface area contributed by atoms with E-state index in [0.717, 1.165) is 48.6 Å². The van der Waals surface area contributed by atoms with Gasteiger partial charge in [-0.3, -0.25) is 9.69 Å². The lowest BCUT2D eigenvalue weighted by Crippen LogP contribution is -2.44. The van der Waals surface area contributed by atoms with Crippen LogP contribution in [-0.2, 0) is 24.1 Å². The number of anilines is 1. The van der Waals surface area contributed by atoms with Crippen LogP contribution in [0.4, 0.5) is 18.9 Å². The van der Waals surface area contributed by atoms with Gasteiger partial charge in [0.15, 0.2) is 0 Å². The third-order valence-electron chi connectivity index (χ3n) is 6.90. The predicted octanol–water partition coefficient (Wildman–Crippen LogP) is 5.14. The Kier molecular flexibility index (Phi) is 8.88. The first-order valence-electron chi connectivity index (χ1n) is 13.4. The van der Waals surface area contributed by atoms with Crippen LogP contribution in [0.2, 0.25) is 0 Å². The second-order valence-electron chi connectivity index (χ2n) is 11.3. The molecule has 4 rings (SSSR count). The van der Waals surface area contributed by atoms with Crippen LogP contribution < -0.4 is 15.4 Å². The molecular formula is C29H39F3N4O2. The van der Waals surface area contributed by atoms with E-state index in [2.05, 4.69) is 15.5 Å². The normalized spacial score (nSPS) is 16.4. The number of rotatable bonds is 10. The Hall–Kier alpha value is -2.78. The van der Waals surface area contributed by atoms with Gasteiger partial charge in [-0.25, -0.2) is 0 Å². The molecule has 6 nitrogen and oxygen atoms in total. The van der Waals surface area contributed by atoms with Crippen molar-refractivity contribution in [2.45, 2.75) is 58.4 Å². The van der Waals surface area contributed by atoms with Gasteiger partial charge in [-0.05, 0) is 63.3 Å². The number of amides is 1. The fourth-order valence-electron chi connectivity index (χ4n) is 4.72. The summed E-state index contributed by atoms with van der Waals surface area (Å²) >= 11 is 0. The van der Waals surface area contributed by atoms with Crippen molar-refractivity contribution in [1.29, 1.82) is 0 Å². The van der Waals surface area contributed by atoms with Crippen molar-refractivity contribution in [2.24, 2.45) is 5.92 Å². The number of halogens is 3. The summed E-state index contributed by atoms with van der Waals surface area (Å²) in [6.07, 6.45) is -1.94. The molecule has 2 N–H and O–H groups in total. The third-order valence-corrected chi connectivity index (χ3v) is 6.90. The van der Waals surface area contributed by atoms with Crippen molar-refractivity contribution in [3.8, 4) is 5.75 Å². The van der Waals surface area contributed by atoms with E-state index in [1.807, 2.05) is 39.0 Å². The van der Waals surface area contributed by atoms with Crippen LogP contribution >= 0.6 is 0 Å². The number of hydrogen-bond donors (Lipinski definition) is 2. The lowest BCUT2D eigenvalue weighted by molar-refractivity contribution is -0.139. The molecule has 38 heavy (non-hydrogen) atoms. The zero-order valence-electron chi connectivity index (χ0n) is 22.5. The fraction of sp³-hybridized carbons (Fsp3) is 0.552. The Morgan fingerprint density at radius 3 is 2.58 bits per heavy atom. The minimum Gasteiger partial charge on any atom is -0.492 e. The first-order chi connectivity index (χ1) is 18.0. The molecule has 0 radical (unpaired) electrons. The highest BCUT2D eigenvalue weighted by atomic mass is 19.4. The molecule has 1 aliphatic heterocycles. The summed E-state index contributed by atoms with van der Waals surface area (Å²) in [6.45, 7) is 9.90. The molecule has 0 bridgehead atoms.